The van der Waals surface area contributed by atoms with Crippen LogP contribution in [0.25, 0.3) is 22.0 Å². The second-order valence-electron chi connectivity index (χ2n) is 3.96. The van der Waals surface area contributed by atoms with Crippen LogP contribution in [0.5, 0.6) is 0 Å². The molecule has 0 bridgehead atoms. The third kappa shape index (κ3) is 1.71. The Labute approximate surface area is 104 Å². The molecule has 0 amide bonds. The zero-order valence-corrected chi connectivity index (χ0v) is 9.54. The van der Waals surface area contributed by atoms with Crippen LogP contribution in [0.4, 0.5) is 11.6 Å². The molecule has 0 aliphatic heterocycles. The minimum absolute atomic E-state index is 0.476. The molecule has 5 nitrogen and oxygen atoms in total. The number of rotatable bonds is 1. The Morgan fingerprint density at radius 1 is 0.833 bits per heavy atom. The van der Waals surface area contributed by atoms with Crippen LogP contribution in [0, 0.1) is 0 Å². The SMILES string of the molecule is Nc1cc(-c2ccc3ncnc(N)c3c2)ccn1. The summed E-state index contributed by atoms with van der Waals surface area (Å²) in [7, 11) is 0. The van der Waals surface area contributed by atoms with Crippen LogP contribution in [-0.4, -0.2) is 15.0 Å². The minimum Gasteiger partial charge on any atom is -0.384 e. The lowest BCUT2D eigenvalue weighted by molar-refractivity contribution is 1.23. The molecular weight excluding hydrogens is 226 g/mol. The lowest BCUT2D eigenvalue weighted by Gasteiger charge is -2.05. The van der Waals surface area contributed by atoms with E-state index in [-0.39, 0.29) is 0 Å². The summed E-state index contributed by atoms with van der Waals surface area (Å²) in [5.41, 5.74) is 14.4. The van der Waals surface area contributed by atoms with E-state index in [0.717, 1.165) is 22.0 Å². The maximum absolute atomic E-state index is 5.84. The topological polar surface area (TPSA) is 90.7 Å². The summed E-state index contributed by atoms with van der Waals surface area (Å²) in [6, 6.07) is 9.57. The standard InChI is InChI=1S/C13H11N5/c14-12-6-9(3-4-16-12)8-1-2-11-10(5-8)13(15)18-7-17-11/h1-7H,(H2,14,16)(H2,15,17,18). The highest BCUT2D eigenvalue weighted by molar-refractivity contribution is 5.91. The lowest BCUT2D eigenvalue weighted by Crippen LogP contribution is -1.94. The molecular formula is C13H11N5. The molecule has 3 aromatic rings. The minimum atomic E-state index is 0.476. The highest BCUT2D eigenvalue weighted by atomic mass is 14.9. The highest BCUT2D eigenvalue weighted by Crippen LogP contribution is 2.26. The fourth-order valence-electron chi connectivity index (χ4n) is 1.88. The smallest absolute Gasteiger partial charge is 0.134 e. The maximum Gasteiger partial charge on any atom is 0.134 e. The molecule has 0 saturated heterocycles. The van der Waals surface area contributed by atoms with E-state index in [9.17, 15) is 0 Å². The zero-order valence-electron chi connectivity index (χ0n) is 9.54. The monoisotopic (exact) mass is 237 g/mol. The van der Waals surface area contributed by atoms with E-state index in [4.69, 9.17) is 11.5 Å². The molecule has 4 N–H and O–H groups in total. The number of nitrogen functional groups attached to an aromatic ring is 2. The van der Waals surface area contributed by atoms with Crippen LogP contribution >= 0.6 is 0 Å². The molecule has 18 heavy (non-hydrogen) atoms. The molecule has 0 spiro atoms. The van der Waals surface area contributed by atoms with Crippen LogP contribution in [0.2, 0.25) is 0 Å². The molecule has 3 rings (SSSR count). The normalized spacial score (nSPS) is 10.7. The van der Waals surface area contributed by atoms with Crippen LogP contribution < -0.4 is 11.5 Å². The Bertz CT molecular complexity index is 723. The Balaban J connectivity index is 2.22. The number of hydrogen-bond donors (Lipinski definition) is 2. The van der Waals surface area contributed by atoms with Crippen molar-refractivity contribution in [1.29, 1.82) is 0 Å². The van der Waals surface area contributed by atoms with Crippen molar-refractivity contribution < 1.29 is 0 Å². The molecule has 2 aromatic heterocycles. The summed E-state index contributed by atoms with van der Waals surface area (Å²) in [6.45, 7) is 0. The van der Waals surface area contributed by atoms with Crippen molar-refractivity contribution in [3.8, 4) is 11.1 Å². The molecule has 0 saturated carbocycles. The molecule has 0 atom stereocenters. The highest BCUT2D eigenvalue weighted by Gasteiger charge is 2.04. The first-order valence-electron chi connectivity index (χ1n) is 5.46. The summed E-state index contributed by atoms with van der Waals surface area (Å²) in [5, 5.41) is 0.838. The first kappa shape index (κ1) is 10.5. The summed E-state index contributed by atoms with van der Waals surface area (Å²) in [6.07, 6.45) is 3.14. The summed E-state index contributed by atoms with van der Waals surface area (Å²) >= 11 is 0. The van der Waals surface area contributed by atoms with Gasteiger partial charge in [0.25, 0.3) is 0 Å². The van der Waals surface area contributed by atoms with Gasteiger partial charge in [-0.2, -0.15) is 0 Å². The van der Waals surface area contributed by atoms with Gasteiger partial charge < -0.3 is 11.5 Å². The third-order valence-corrected chi connectivity index (χ3v) is 2.78. The van der Waals surface area contributed by atoms with Gasteiger partial charge in [-0.25, -0.2) is 15.0 Å². The van der Waals surface area contributed by atoms with Crippen LogP contribution in [0.1, 0.15) is 0 Å². The van der Waals surface area contributed by atoms with Gasteiger partial charge in [0.1, 0.15) is 18.0 Å². The molecule has 2 heterocycles. The van der Waals surface area contributed by atoms with Gasteiger partial charge in [-0.15, -0.1) is 0 Å². The van der Waals surface area contributed by atoms with Crippen molar-refractivity contribution in [3.63, 3.8) is 0 Å². The van der Waals surface area contributed by atoms with E-state index >= 15 is 0 Å². The number of hydrogen-bond acceptors (Lipinski definition) is 5. The molecule has 0 aliphatic rings. The third-order valence-electron chi connectivity index (χ3n) is 2.78. The van der Waals surface area contributed by atoms with E-state index in [1.165, 1.54) is 6.33 Å². The van der Waals surface area contributed by atoms with Crippen molar-refractivity contribution in [2.45, 2.75) is 0 Å². The Morgan fingerprint density at radius 3 is 2.50 bits per heavy atom. The van der Waals surface area contributed by atoms with Gasteiger partial charge in [0.15, 0.2) is 0 Å². The van der Waals surface area contributed by atoms with Gasteiger partial charge in [0.05, 0.1) is 5.52 Å². The largest absolute Gasteiger partial charge is 0.384 e. The van der Waals surface area contributed by atoms with E-state index in [2.05, 4.69) is 15.0 Å². The molecule has 0 aliphatic carbocycles. The average Bonchev–Trinajstić information content (AvgIpc) is 2.39. The van der Waals surface area contributed by atoms with Gasteiger partial charge in [-0.1, -0.05) is 6.07 Å². The van der Waals surface area contributed by atoms with Gasteiger partial charge in [-0.05, 0) is 35.4 Å². The van der Waals surface area contributed by atoms with Crippen molar-refractivity contribution in [2.24, 2.45) is 0 Å². The number of aromatic nitrogens is 3. The maximum atomic E-state index is 5.84. The first-order chi connectivity index (χ1) is 8.74. The van der Waals surface area contributed by atoms with Crippen LogP contribution in [0.3, 0.4) is 0 Å². The second-order valence-corrected chi connectivity index (χ2v) is 3.96. The predicted octanol–water partition coefficient (Wildman–Crippen LogP) is 1.86. The molecule has 0 radical (unpaired) electrons. The van der Waals surface area contributed by atoms with E-state index in [1.807, 2.05) is 30.3 Å². The van der Waals surface area contributed by atoms with Crippen molar-refractivity contribution >= 4 is 22.5 Å². The number of benzene rings is 1. The second kappa shape index (κ2) is 3.96. The summed E-state index contributed by atoms with van der Waals surface area (Å²) in [4.78, 5) is 12.1. The van der Waals surface area contributed by atoms with Crippen molar-refractivity contribution in [1.82, 2.24) is 15.0 Å². The van der Waals surface area contributed by atoms with E-state index in [1.54, 1.807) is 6.20 Å². The van der Waals surface area contributed by atoms with Gasteiger partial charge in [-0.3, -0.25) is 0 Å². The number of nitrogens with two attached hydrogens (primary N) is 2. The fourth-order valence-corrected chi connectivity index (χ4v) is 1.88. The summed E-state index contributed by atoms with van der Waals surface area (Å²) < 4.78 is 0. The first-order valence-corrected chi connectivity index (χ1v) is 5.46. The number of fused-ring (bicyclic) bond motifs is 1. The average molecular weight is 237 g/mol. The molecule has 88 valence electrons. The van der Waals surface area contributed by atoms with Gasteiger partial charge >= 0.3 is 0 Å². The van der Waals surface area contributed by atoms with E-state index in [0.29, 0.717) is 11.6 Å². The molecule has 0 fully saturated rings. The Kier molecular flexibility index (Phi) is 2.30. The Morgan fingerprint density at radius 2 is 1.67 bits per heavy atom. The number of anilines is 2. The van der Waals surface area contributed by atoms with Crippen LogP contribution in [0.15, 0.2) is 42.9 Å². The Hall–Kier alpha value is -2.69. The van der Waals surface area contributed by atoms with Crippen molar-refractivity contribution in [3.05, 3.63) is 42.9 Å². The lowest BCUT2D eigenvalue weighted by atomic mass is 10.0. The predicted molar refractivity (Wildman–Crippen MR) is 71.6 cm³/mol. The molecule has 5 heteroatoms. The zero-order chi connectivity index (χ0) is 12.5. The van der Waals surface area contributed by atoms with Gasteiger partial charge in [0, 0.05) is 11.6 Å². The van der Waals surface area contributed by atoms with E-state index < -0.39 is 0 Å². The molecule has 1 aromatic carbocycles. The quantitative estimate of drug-likeness (QED) is 0.674. The molecule has 0 unspecified atom stereocenters. The summed E-state index contributed by atoms with van der Waals surface area (Å²) in [5.74, 6) is 0.966. The van der Waals surface area contributed by atoms with Crippen molar-refractivity contribution in [2.75, 3.05) is 11.5 Å². The number of nitrogens with zero attached hydrogens (tertiary/aromatic N) is 3. The number of pyridine rings is 1. The fraction of sp³-hybridized carbons (Fsp3) is 0. The van der Waals surface area contributed by atoms with Crippen LogP contribution in [-0.2, 0) is 0 Å². The van der Waals surface area contributed by atoms with Gasteiger partial charge in [0.2, 0.25) is 0 Å².